The Kier molecular flexibility index (Phi) is 4.62. The van der Waals surface area contributed by atoms with Gasteiger partial charge < -0.3 is 10.6 Å². The molecule has 114 valence electrons. The number of carbonyl (C=O) groups excluding carboxylic acids is 2. The second-order valence-corrected chi connectivity index (χ2v) is 7.53. The fourth-order valence-electron chi connectivity index (χ4n) is 1.73. The lowest BCUT2D eigenvalue weighted by Gasteiger charge is -2.07. The van der Waals surface area contributed by atoms with E-state index in [-0.39, 0.29) is 29.9 Å². The molecule has 2 rings (SSSR count). The molecule has 2 amide bonds. The minimum absolute atomic E-state index is 0.0277. The van der Waals surface area contributed by atoms with Gasteiger partial charge in [0, 0.05) is 30.0 Å². The molecule has 1 aliphatic carbocycles. The van der Waals surface area contributed by atoms with Gasteiger partial charge in [-0.2, -0.15) is 0 Å². The maximum absolute atomic E-state index is 11.6. The molecule has 0 spiro atoms. The lowest BCUT2D eigenvalue weighted by Crippen LogP contribution is -2.16. The summed E-state index contributed by atoms with van der Waals surface area (Å²) in [5, 5.41) is 5.41. The third kappa shape index (κ3) is 5.55. The first-order valence-corrected chi connectivity index (χ1v) is 8.78. The number of sulfone groups is 1. The Morgan fingerprint density at radius 2 is 1.62 bits per heavy atom. The molecule has 1 aliphatic rings. The largest absolute Gasteiger partial charge is 0.326 e. The molecule has 6 nitrogen and oxygen atoms in total. The van der Waals surface area contributed by atoms with E-state index < -0.39 is 9.84 Å². The average molecular weight is 310 g/mol. The Balaban J connectivity index is 1.84. The molecular weight excluding hydrogens is 292 g/mol. The maximum atomic E-state index is 11.6. The van der Waals surface area contributed by atoms with Crippen LogP contribution in [0.4, 0.5) is 11.4 Å². The Bertz CT molecular complexity index is 633. The van der Waals surface area contributed by atoms with Gasteiger partial charge in [0.05, 0.1) is 5.75 Å². The van der Waals surface area contributed by atoms with Crippen LogP contribution in [0.5, 0.6) is 0 Å². The van der Waals surface area contributed by atoms with E-state index in [0.717, 1.165) is 19.1 Å². The normalized spacial score (nSPS) is 14.5. The van der Waals surface area contributed by atoms with E-state index in [9.17, 15) is 18.0 Å². The molecule has 0 radical (unpaired) electrons. The van der Waals surface area contributed by atoms with Crippen molar-refractivity contribution in [3.63, 3.8) is 0 Å². The standard InChI is InChI=1S/C14H18N2O4S/c1-21(19,20)9-8-13(17)15-11-4-6-12(7-5-11)16-14(18)10-2-3-10/h4-7,10H,2-3,8-9H2,1H3,(H,15,17)(H,16,18). The second-order valence-electron chi connectivity index (χ2n) is 5.27. The first-order chi connectivity index (χ1) is 9.83. The first kappa shape index (κ1) is 15.5. The number of anilines is 2. The maximum Gasteiger partial charge on any atom is 0.227 e. The number of benzene rings is 1. The third-order valence-corrected chi connectivity index (χ3v) is 4.03. The lowest BCUT2D eigenvalue weighted by molar-refractivity contribution is -0.117. The van der Waals surface area contributed by atoms with Gasteiger partial charge in [0.1, 0.15) is 9.84 Å². The van der Waals surface area contributed by atoms with Crippen LogP contribution in [-0.2, 0) is 19.4 Å². The third-order valence-electron chi connectivity index (χ3n) is 3.08. The highest BCUT2D eigenvalue weighted by atomic mass is 32.2. The molecule has 0 heterocycles. The minimum atomic E-state index is -3.14. The van der Waals surface area contributed by atoms with Crippen LogP contribution in [0.2, 0.25) is 0 Å². The van der Waals surface area contributed by atoms with Crippen LogP contribution in [0.1, 0.15) is 19.3 Å². The Morgan fingerprint density at radius 1 is 1.10 bits per heavy atom. The van der Waals surface area contributed by atoms with Gasteiger partial charge >= 0.3 is 0 Å². The predicted molar refractivity (Wildman–Crippen MR) is 80.8 cm³/mol. The van der Waals surface area contributed by atoms with E-state index in [2.05, 4.69) is 10.6 Å². The van der Waals surface area contributed by atoms with Gasteiger partial charge in [0.15, 0.2) is 0 Å². The van der Waals surface area contributed by atoms with Crippen molar-refractivity contribution >= 4 is 33.0 Å². The number of hydrogen-bond acceptors (Lipinski definition) is 4. The lowest BCUT2D eigenvalue weighted by atomic mass is 10.2. The van der Waals surface area contributed by atoms with Gasteiger partial charge in [0.25, 0.3) is 0 Å². The Labute approximate surface area is 123 Å². The highest BCUT2D eigenvalue weighted by Crippen LogP contribution is 2.30. The van der Waals surface area contributed by atoms with Crippen LogP contribution in [0, 0.1) is 5.92 Å². The Hall–Kier alpha value is -1.89. The first-order valence-electron chi connectivity index (χ1n) is 6.72. The minimum Gasteiger partial charge on any atom is -0.326 e. The van der Waals surface area contributed by atoms with Crippen molar-refractivity contribution in [1.82, 2.24) is 0 Å². The van der Waals surface area contributed by atoms with Crippen LogP contribution in [-0.4, -0.2) is 32.2 Å². The van der Waals surface area contributed by atoms with Crippen LogP contribution >= 0.6 is 0 Å². The van der Waals surface area contributed by atoms with Crippen molar-refractivity contribution < 1.29 is 18.0 Å². The highest BCUT2D eigenvalue weighted by Gasteiger charge is 2.29. The van der Waals surface area contributed by atoms with Crippen LogP contribution in [0.3, 0.4) is 0 Å². The van der Waals surface area contributed by atoms with Gasteiger partial charge in [-0.25, -0.2) is 8.42 Å². The molecule has 1 aromatic rings. The molecule has 0 unspecified atom stereocenters. The summed E-state index contributed by atoms with van der Waals surface area (Å²) >= 11 is 0. The molecule has 0 bridgehead atoms. The van der Waals surface area contributed by atoms with Gasteiger partial charge in [0.2, 0.25) is 11.8 Å². The van der Waals surface area contributed by atoms with E-state index >= 15 is 0 Å². The molecule has 0 aromatic heterocycles. The fraction of sp³-hybridized carbons (Fsp3) is 0.429. The molecule has 7 heteroatoms. The topological polar surface area (TPSA) is 92.3 Å². The zero-order valence-electron chi connectivity index (χ0n) is 11.8. The molecule has 1 saturated carbocycles. The molecule has 21 heavy (non-hydrogen) atoms. The van der Waals surface area contributed by atoms with Crippen molar-refractivity contribution in [3.05, 3.63) is 24.3 Å². The predicted octanol–water partition coefficient (Wildman–Crippen LogP) is 1.41. The summed E-state index contributed by atoms with van der Waals surface area (Å²) in [7, 11) is -3.14. The van der Waals surface area contributed by atoms with Gasteiger partial charge in [-0.15, -0.1) is 0 Å². The Morgan fingerprint density at radius 3 is 2.10 bits per heavy atom. The molecule has 0 aliphatic heterocycles. The van der Waals surface area contributed by atoms with E-state index in [1.54, 1.807) is 24.3 Å². The summed E-state index contributed by atoms with van der Waals surface area (Å²) in [5.74, 6) is -0.357. The van der Waals surface area contributed by atoms with Crippen molar-refractivity contribution in [2.75, 3.05) is 22.6 Å². The zero-order chi connectivity index (χ0) is 15.5. The average Bonchev–Trinajstić information content (AvgIpc) is 3.22. The van der Waals surface area contributed by atoms with E-state index in [1.807, 2.05) is 0 Å². The molecular formula is C14H18N2O4S. The molecule has 2 N–H and O–H groups in total. The van der Waals surface area contributed by atoms with Crippen LogP contribution in [0.25, 0.3) is 0 Å². The summed E-state index contributed by atoms with van der Waals surface area (Å²) in [6, 6.07) is 6.74. The summed E-state index contributed by atoms with van der Waals surface area (Å²) in [5.41, 5.74) is 1.25. The SMILES string of the molecule is CS(=O)(=O)CCC(=O)Nc1ccc(NC(=O)C2CC2)cc1. The van der Waals surface area contributed by atoms with Crippen molar-refractivity contribution in [3.8, 4) is 0 Å². The van der Waals surface area contributed by atoms with Crippen LogP contribution in [0.15, 0.2) is 24.3 Å². The van der Waals surface area contributed by atoms with Gasteiger partial charge in [-0.3, -0.25) is 9.59 Å². The fourth-order valence-corrected chi connectivity index (χ4v) is 2.28. The smallest absolute Gasteiger partial charge is 0.227 e. The second kappa shape index (κ2) is 6.26. The quantitative estimate of drug-likeness (QED) is 0.831. The molecule has 1 aromatic carbocycles. The van der Waals surface area contributed by atoms with Gasteiger partial charge in [-0.05, 0) is 37.1 Å². The number of carbonyl (C=O) groups is 2. The highest BCUT2D eigenvalue weighted by molar-refractivity contribution is 7.90. The summed E-state index contributed by atoms with van der Waals surface area (Å²) in [4.78, 5) is 23.2. The number of nitrogens with one attached hydrogen (secondary N) is 2. The van der Waals surface area contributed by atoms with Crippen molar-refractivity contribution in [2.24, 2.45) is 5.92 Å². The summed E-state index contributed by atoms with van der Waals surface area (Å²) < 4.78 is 22.0. The monoisotopic (exact) mass is 310 g/mol. The number of rotatable bonds is 6. The van der Waals surface area contributed by atoms with Crippen molar-refractivity contribution in [1.29, 1.82) is 0 Å². The van der Waals surface area contributed by atoms with E-state index in [0.29, 0.717) is 11.4 Å². The van der Waals surface area contributed by atoms with E-state index in [1.165, 1.54) is 0 Å². The molecule has 0 atom stereocenters. The summed E-state index contributed by atoms with van der Waals surface area (Å²) in [6.07, 6.45) is 2.91. The van der Waals surface area contributed by atoms with E-state index in [4.69, 9.17) is 0 Å². The van der Waals surface area contributed by atoms with Gasteiger partial charge in [-0.1, -0.05) is 0 Å². The summed E-state index contributed by atoms with van der Waals surface area (Å²) in [6.45, 7) is 0. The molecule has 1 fully saturated rings. The molecule has 0 saturated heterocycles. The number of hydrogen-bond donors (Lipinski definition) is 2. The zero-order valence-corrected chi connectivity index (χ0v) is 12.6. The van der Waals surface area contributed by atoms with Crippen LogP contribution < -0.4 is 10.6 Å². The number of amides is 2. The van der Waals surface area contributed by atoms with Crippen molar-refractivity contribution in [2.45, 2.75) is 19.3 Å².